The Kier molecular flexibility index (Phi) is 9.34. The molecule has 0 radical (unpaired) electrons. The van der Waals surface area contributed by atoms with E-state index in [-0.39, 0.29) is 40.0 Å². The highest BCUT2D eigenvalue weighted by atomic mass is 127. The van der Waals surface area contributed by atoms with Crippen molar-refractivity contribution in [1.82, 2.24) is 10.6 Å². The van der Waals surface area contributed by atoms with Crippen LogP contribution in [0.25, 0.3) is 0 Å². The Hall–Kier alpha value is -0.540. The maximum absolute atomic E-state index is 14.2. The van der Waals surface area contributed by atoms with E-state index in [2.05, 4.69) is 24.5 Å². The van der Waals surface area contributed by atoms with E-state index in [1.165, 1.54) is 0 Å². The zero-order chi connectivity index (χ0) is 19.2. The predicted octanol–water partition coefficient (Wildman–Crippen LogP) is 4.33. The van der Waals surface area contributed by atoms with Gasteiger partial charge in [-0.15, -0.1) is 24.0 Å². The van der Waals surface area contributed by atoms with Crippen LogP contribution in [0.1, 0.15) is 45.1 Å². The van der Waals surface area contributed by atoms with Crippen LogP contribution in [0.15, 0.2) is 29.3 Å². The third-order valence-corrected chi connectivity index (χ3v) is 7.06. The molecule has 0 atom stereocenters. The number of guanidine groups is 1. The highest BCUT2D eigenvalue weighted by molar-refractivity contribution is 14.0. The third-order valence-electron chi connectivity index (χ3n) is 5.62. The molecule has 1 aromatic rings. The summed E-state index contributed by atoms with van der Waals surface area (Å²) in [6.07, 6.45) is 4.14. The lowest BCUT2D eigenvalue weighted by Gasteiger charge is -2.35. The standard InChI is InChI=1S/C21H32FN3OS.HI/c1-3-23-19(25-16-21(27-4-2)11-13-26-14-12-21)24-15-20(9-10-20)17-7-5-6-8-18(17)22;/h5-8H,3-4,9-16H2,1-2H3,(H2,23,24,25);1H. The number of nitrogens with one attached hydrogen (secondary N) is 2. The van der Waals surface area contributed by atoms with E-state index in [0.717, 1.165) is 75.8 Å². The number of aliphatic imine (C=N–C) groups is 1. The molecule has 2 aliphatic rings. The zero-order valence-electron chi connectivity index (χ0n) is 16.9. The van der Waals surface area contributed by atoms with Crippen LogP contribution in [0.5, 0.6) is 0 Å². The van der Waals surface area contributed by atoms with Gasteiger partial charge in [0, 0.05) is 36.5 Å². The lowest BCUT2D eigenvalue weighted by atomic mass is 9.95. The average Bonchev–Trinajstić information content (AvgIpc) is 3.46. The average molecular weight is 521 g/mol. The van der Waals surface area contributed by atoms with Crippen LogP contribution in [0, 0.1) is 5.82 Å². The summed E-state index contributed by atoms with van der Waals surface area (Å²) in [6.45, 7) is 8.25. The molecule has 1 saturated heterocycles. The topological polar surface area (TPSA) is 45.7 Å². The Balaban J connectivity index is 0.00000280. The van der Waals surface area contributed by atoms with Gasteiger partial charge in [-0.05, 0) is 50.0 Å². The second-order valence-corrected chi connectivity index (χ2v) is 9.27. The molecular formula is C21H33FIN3OS. The van der Waals surface area contributed by atoms with Gasteiger partial charge >= 0.3 is 0 Å². The van der Waals surface area contributed by atoms with Gasteiger partial charge in [0.05, 0.1) is 6.54 Å². The summed E-state index contributed by atoms with van der Waals surface area (Å²) in [4.78, 5) is 4.90. The van der Waals surface area contributed by atoms with E-state index in [1.54, 1.807) is 12.1 Å². The van der Waals surface area contributed by atoms with E-state index in [1.807, 2.05) is 23.9 Å². The van der Waals surface area contributed by atoms with E-state index in [9.17, 15) is 4.39 Å². The van der Waals surface area contributed by atoms with Crippen molar-refractivity contribution < 1.29 is 9.13 Å². The fraction of sp³-hybridized carbons (Fsp3) is 0.667. The summed E-state index contributed by atoms with van der Waals surface area (Å²) in [5.74, 6) is 1.83. The Morgan fingerprint density at radius 3 is 2.46 bits per heavy atom. The molecule has 1 aromatic carbocycles. The molecule has 0 bridgehead atoms. The number of hydrogen-bond donors (Lipinski definition) is 2. The number of rotatable bonds is 8. The van der Waals surface area contributed by atoms with Crippen molar-refractivity contribution in [2.75, 3.05) is 38.6 Å². The Morgan fingerprint density at radius 2 is 1.86 bits per heavy atom. The normalized spacial score (nSPS) is 20.2. The van der Waals surface area contributed by atoms with Crippen LogP contribution in [0.2, 0.25) is 0 Å². The summed E-state index contributed by atoms with van der Waals surface area (Å²) < 4.78 is 20.0. The molecule has 1 aliphatic carbocycles. The molecule has 2 fully saturated rings. The maximum Gasteiger partial charge on any atom is 0.191 e. The molecule has 3 rings (SSSR count). The number of halogens is 2. The van der Waals surface area contributed by atoms with Crippen LogP contribution in [-0.4, -0.2) is 49.3 Å². The van der Waals surface area contributed by atoms with Gasteiger partial charge in [-0.25, -0.2) is 4.39 Å². The molecule has 0 spiro atoms. The Morgan fingerprint density at radius 1 is 1.14 bits per heavy atom. The molecule has 1 heterocycles. The predicted molar refractivity (Wildman–Crippen MR) is 128 cm³/mol. The van der Waals surface area contributed by atoms with E-state index < -0.39 is 0 Å². The van der Waals surface area contributed by atoms with E-state index >= 15 is 0 Å². The van der Waals surface area contributed by atoms with E-state index in [4.69, 9.17) is 9.73 Å². The second kappa shape index (κ2) is 11.0. The summed E-state index contributed by atoms with van der Waals surface area (Å²) in [6, 6.07) is 7.16. The lowest BCUT2D eigenvalue weighted by Crippen LogP contribution is -2.43. The first kappa shape index (κ1) is 23.7. The lowest BCUT2D eigenvalue weighted by molar-refractivity contribution is 0.0793. The van der Waals surface area contributed by atoms with Crippen molar-refractivity contribution in [3.8, 4) is 0 Å². The molecule has 0 unspecified atom stereocenters. The van der Waals surface area contributed by atoms with Crippen molar-refractivity contribution in [2.24, 2.45) is 4.99 Å². The van der Waals surface area contributed by atoms with Gasteiger partial charge in [0.25, 0.3) is 0 Å². The minimum Gasteiger partial charge on any atom is -0.381 e. The molecule has 0 amide bonds. The quantitative estimate of drug-likeness (QED) is 0.304. The molecule has 1 aliphatic heterocycles. The van der Waals surface area contributed by atoms with Crippen LogP contribution < -0.4 is 10.6 Å². The number of benzene rings is 1. The van der Waals surface area contributed by atoms with Gasteiger partial charge in [0.15, 0.2) is 5.96 Å². The highest BCUT2D eigenvalue weighted by Crippen LogP contribution is 2.48. The van der Waals surface area contributed by atoms with Crippen molar-refractivity contribution in [3.05, 3.63) is 35.6 Å². The first-order chi connectivity index (χ1) is 13.1. The van der Waals surface area contributed by atoms with Crippen LogP contribution in [0.4, 0.5) is 4.39 Å². The molecule has 2 N–H and O–H groups in total. The molecule has 1 saturated carbocycles. The highest BCUT2D eigenvalue weighted by Gasteiger charge is 2.45. The summed E-state index contributed by atoms with van der Waals surface area (Å²) in [5, 5.41) is 6.83. The monoisotopic (exact) mass is 521 g/mol. The first-order valence-electron chi connectivity index (χ1n) is 10.1. The smallest absolute Gasteiger partial charge is 0.191 e. The fourth-order valence-electron chi connectivity index (χ4n) is 3.80. The largest absolute Gasteiger partial charge is 0.381 e. The summed E-state index contributed by atoms with van der Waals surface area (Å²) in [5.41, 5.74) is 0.742. The molecule has 0 aromatic heterocycles. The van der Waals surface area contributed by atoms with Crippen molar-refractivity contribution >= 4 is 41.7 Å². The SMILES string of the molecule is CCNC(=NCC1(SCC)CCOCC1)NCC1(c2ccccc2F)CC1.I. The maximum atomic E-state index is 14.2. The van der Waals surface area contributed by atoms with Gasteiger partial charge in [-0.2, -0.15) is 11.8 Å². The Bertz CT molecular complexity index is 643. The molecule has 158 valence electrons. The minimum absolute atomic E-state index is 0. The molecule has 7 heteroatoms. The van der Waals surface area contributed by atoms with Gasteiger partial charge in [-0.3, -0.25) is 4.99 Å². The molecule has 4 nitrogen and oxygen atoms in total. The van der Waals surface area contributed by atoms with Gasteiger partial charge < -0.3 is 15.4 Å². The number of hydrogen-bond acceptors (Lipinski definition) is 3. The van der Waals surface area contributed by atoms with Crippen molar-refractivity contribution in [3.63, 3.8) is 0 Å². The van der Waals surface area contributed by atoms with Crippen LogP contribution >= 0.6 is 35.7 Å². The minimum atomic E-state index is -0.0979. The zero-order valence-corrected chi connectivity index (χ0v) is 20.1. The molecule has 28 heavy (non-hydrogen) atoms. The van der Waals surface area contributed by atoms with Gasteiger partial charge in [-0.1, -0.05) is 25.1 Å². The van der Waals surface area contributed by atoms with Crippen LogP contribution in [-0.2, 0) is 10.2 Å². The van der Waals surface area contributed by atoms with Crippen molar-refractivity contribution in [1.29, 1.82) is 0 Å². The second-order valence-electron chi connectivity index (χ2n) is 7.54. The number of nitrogens with zero attached hydrogens (tertiary/aromatic N) is 1. The Labute approximate surface area is 189 Å². The summed E-state index contributed by atoms with van der Waals surface area (Å²) in [7, 11) is 0. The number of thioether (sulfide) groups is 1. The number of ether oxygens (including phenoxy) is 1. The van der Waals surface area contributed by atoms with Crippen LogP contribution in [0.3, 0.4) is 0 Å². The van der Waals surface area contributed by atoms with Crippen molar-refractivity contribution in [2.45, 2.75) is 49.7 Å². The van der Waals surface area contributed by atoms with Gasteiger partial charge in [0.1, 0.15) is 5.82 Å². The third kappa shape index (κ3) is 5.98. The molecular weight excluding hydrogens is 488 g/mol. The first-order valence-corrected chi connectivity index (χ1v) is 11.1. The fourth-order valence-corrected chi connectivity index (χ4v) is 5.02. The van der Waals surface area contributed by atoms with Gasteiger partial charge in [0.2, 0.25) is 0 Å². The summed E-state index contributed by atoms with van der Waals surface area (Å²) >= 11 is 2.00. The van der Waals surface area contributed by atoms with E-state index in [0.29, 0.717) is 0 Å².